The highest BCUT2D eigenvalue weighted by molar-refractivity contribution is 5.44. The van der Waals surface area contributed by atoms with Gasteiger partial charge in [0.1, 0.15) is 0 Å². The van der Waals surface area contributed by atoms with Gasteiger partial charge in [0.05, 0.1) is 0 Å². The van der Waals surface area contributed by atoms with Crippen molar-refractivity contribution >= 4 is 5.69 Å². The number of rotatable bonds is 4. The van der Waals surface area contributed by atoms with Gasteiger partial charge in [-0.3, -0.25) is 0 Å². The van der Waals surface area contributed by atoms with Gasteiger partial charge < -0.3 is 10.2 Å². The minimum Gasteiger partial charge on any atom is -0.380 e. The zero-order chi connectivity index (χ0) is 13.1. The van der Waals surface area contributed by atoms with Gasteiger partial charge >= 0.3 is 0 Å². The molecule has 1 unspecified atom stereocenters. The first-order valence-corrected chi connectivity index (χ1v) is 6.24. The van der Waals surface area contributed by atoms with Crippen LogP contribution in [0.2, 0.25) is 0 Å². The lowest BCUT2D eigenvalue weighted by atomic mass is 10.2. The third-order valence-corrected chi connectivity index (χ3v) is 3.33. The van der Waals surface area contributed by atoms with Crippen molar-refractivity contribution in [2.45, 2.75) is 25.8 Å². The molecule has 0 aliphatic carbocycles. The van der Waals surface area contributed by atoms with Gasteiger partial charge in [0.2, 0.25) is 0 Å². The molecule has 0 radical (unpaired) electrons. The number of nitrogens with zero attached hydrogens (tertiary/aromatic N) is 1. The Balaban J connectivity index is 1.95. The van der Waals surface area contributed by atoms with E-state index in [1.165, 1.54) is 6.07 Å². The third kappa shape index (κ3) is 2.81. The fraction of sp³-hybridized carbons (Fsp3) is 0.429. The molecule has 1 atom stereocenters. The molecule has 1 aromatic carbocycles. The number of allylic oxidation sites excluding steroid dienone is 1. The highest BCUT2D eigenvalue weighted by atomic mass is 19.2. The van der Waals surface area contributed by atoms with Crippen LogP contribution in [0, 0.1) is 11.6 Å². The molecule has 98 valence electrons. The zero-order valence-corrected chi connectivity index (χ0v) is 10.5. The molecule has 18 heavy (non-hydrogen) atoms. The van der Waals surface area contributed by atoms with Crippen LogP contribution in [0.3, 0.4) is 0 Å². The van der Waals surface area contributed by atoms with Crippen molar-refractivity contribution in [3.8, 4) is 0 Å². The quantitative estimate of drug-likeness (QED) is 0.883. The van der Waals surface area contributed by atoms with Crippen molar-refractivity contribution in [2.75, 3.05) is 18.4 Å². The van der Waals surface area contributed by atoms with Crippen molar-refractivity contribution in [3.05, 3.63) is 42.1 Å². The maximum atomic E-state index is 13.1. The second-order valence-electron chi connectivity index (χ2n) is 4.62. The van der Waals surface area contributed by atoms with Crippen LogP contribution >= 0.6 is 0 Å². The van der Waals surface area contributed by atoms with Crippen LogP contribution in [0.4, 0.5) is 14.5 Å². The lowest BCUT2D eigenvalue weighted by Crippen LogP contribution is -2.25. The van der Waals surface area contributed by atoms with Gasteiger partial charge in [0.15, 0.2) is 11.6 Å². The summed E-state index contributed by atoms with van der Waals surface area (Å²) in [7, 11) is 0. The van der Waals surface area contributed by atoms with Crippen LogP contribution in [0.25, 0.3) is 0 Å². The Bertz CT molecular complexity index is 445. The zero-order valence-electron chi connectivity index (χ0n) is 10.5. The molecule has 1 aliphatic rings. The molecule has 0 spiro atoms. The summed E-state index contributed by atoms with van der Waals surface area (Å²) in [4.78, 5) is 2.23. The van der Waals surface area contributed by atoms with Gasteiger partial charge in [-0.05, 0) is 25.0 Å². The van der Waals surface area contributed by atoms with E-state index in [0.717, 1.165) is 37.7 Å². The van der Waals surface area contributed by atoms with E-state index < -0.39 is 11.6 Å². The Kier molecular flexibility index (Phi) is 3.84. The molecule has 1 N–H and O–H groups in total. The highest BCUT2D eigenvalue weighted by Crippen LogP contribution is 2.21. The molecule has 1 aliphatic heterocycles. The second kappa shape index (κ2) is 5.38. The van der Waals surface area contributed by atoms with Gasteiger partial charge in [0, 0.05) is 36.6 Å². The SMILES string of the molecule is C=C(CC)N1CCC(Nc2ccc(F)c(F)c2)C1. The number of anilines is 1. The average molecular weight is 252 g/mol. The molecule has 0 amide bonds. The fourth-order valence-corrected chi connectivity index (χ4v) is 2.21. The Hall–Kier alpha value is -1.58. The first kappa shape index (κ1) is 12.9. The molecule has 4 heteroatoms. The first-order chi connectivity index (χ1) is 8.60. The van der Waals surface area contributed by atoms with Crippen molar-refractivity contribution in [1.29, 1.82) is 0 Å². The minimum absolute atomic E-state index is 0.262. The highest BCUT2D eigenvalue weighted by Gasteiger charge is 2.22. The average Bonchev–Trinajstić information content (AvgIpc) is 2.81. The van der Waals surface area contributed by atoms with E-state index in [2.05, 4.69) is 23.7 Å². The number of halogens is 2. The second-order valence-corrected chi connectivity index (χ2v) is 4.62. The maximum absolute atomic E-state index is 13.1. The lowest BCUT2D eigenvalue weighted by molar-refractivity contribution is 0.412. The molecule has 2 rings (SSSR count). The molecule has 1 saturated heterocycles. The summed E-state index contributed by atoms with van der Waals surface area (Å²) >= 11 is 0. The van der Waals surface area contributed by atoms with Gasteiger partial charge in [-0.15, -0.1) is 0 Å². The largest absolute Gasteiger partial charge is 0.380 e. The number of benzene rings is 1. The molecule has 1 heterocycles. The topological polar surface area (TPSA) is 15.3 Å². The predicted octanol–water partition coefficient (Wildman–Crippen LogP) is 3.37. The van der Waals surface area contributed by atoms with E-state index in [-0.39, 0.29) is 6.04 Å². The molecular formula is C14H18F2N2. The van der Waals surface area contributed by atoms with Gasteiger partial charge in [-0.25, -0.2) is 8.78 Å². The molecule has 2 nitrogen and oxygen atoms in total. The van der Waals surface area contributed by atoms with Crippen molar-refractivity contribution in [2.24, 2.45) is 0 Å². The van der Waals surface area contributed by atoms with Crippen LogP contribution in [0.5, 0.6) is 0 Å². The minimum atomic E-state index is -0.812. The summed E-state index contributed by atoms with van der Waals surface area (Å²) in [5.74, 6) is -1.62. The number of hydrogen-bond acceptors (Lipinski definition) is 2. The van der Waals surface area contributed by atoms with E-state index >= 15 is 0 Å². The monoisotopic (exact) mass is 252 g/mol. The van der Waals surface area contributed by atoms with E-state index in [0.29, 0.717) is 5.69 Å². The van der Waals surface area contributed by atoms with Crippen LogP contribution < -0.4 is 5.32 Å². The van der Waals surface area contributed by atoms with E-state index in [1.54, 1.807) is 6.07 Å². The normalized spacial score (nSPS) is 19.1. The number of likely N-dealkylation sites (tertiary alicyclic amines) is 1. The fourth-order valence-electron chi connectivity index (χ4n) is 2.21. The first-order valence-electron chi connectivity index (χ1n) is 6.24. The molecule has 0 aromatic heterocycles. The molecule has 1 aromatic rings. The van der Waals surface area contributed by atoms with Crippen LogP contribution in [-0.2, 0) is 0 Å². The van der Waals surface area contributed by atoms with Crippen molar-refractivity contribution in [3.63, 3.8) is 0 Å². The number of hydrogen-bond donors (Lipinski definition) is 1. The number of nitrogens with one attached hydrogen (secondary N) is 1. The van der Waals surface area contributed by atoms with Crippen LogP contribution in [0.15, 0.2) is 30.5 Å². The molecule has 0 bridgehead atoms. The smallest absolute Gasteiger partial charge is 0.160 e. The Morgan fingerprint density at radius 1 is 1.44 bits per heavy atom. The summed E-state index contributed by atoms with van der Waals surface area (Å²) < 4.78 is 25.9. The summed E-state index contributed by atoms with van der Waals surface area (Å²) in [6.07, 6.45) is 1.93. The standard InChI is InChI=1S/C14H18F2N2/c1-3-10(2)18-7-6-12(9-18)17-11-4-5-13(15)14(16)8-11/h4-5,8,12,17H,2-3,6-7,9H2,1H3. The summed E-state index contributed by atoms with van der Waals surface area (Å²) in [5, 5.41) is 3.23. The van der Waals surface area contributed by atoms with Crippen LogP contribution in [0.1, 0.15) is 19.8 Å². The summed E-state index contributed by atoms with van der Waals surface area (Å²) in [6, 6.07) is 4.18. The maximum Gasteiger partial charge on any atom is 0.160 e. The van der Waals surface area contributed by atoms with E-state index in [1.807, 2.05) is 0 Å². The van der Waals surface area contributed by atoms with Crippen molar-refractivity contribution in [1.82, 2.24) is 4.90 Å². The van der Waals surface area contributed by atoms with Gasteiger partial charge in [-0.1, -0.05) is 13.5 Å². The lowest BCUT2D eigenvalue weighted by Gasteiger charge is -2.20. The van der Waals surface area contributed by atoms with Crippen LogP contribution in [-0.4, -0.2) is 24.0 Å². The third-order valence-electron chi connectivity index (χ3n) is 3.33. The Morgan fingerprint density at radius 3 is 2.89 bits per heavy atom. The Morgan fingerprint density at radius 2 is 2.22 bits per heavy atom. The van der Waals surface area contributed by atoms with Gasteiger partial charge in [0.25, 0.3) is 0 Å². The molecular weight excluding hydrogens is 234 g/mol. The van der Waals surface area contributed by atoms with Gasteiger partial charge in [-0.2, -0.15) is 0 Å². The van der Waals surface area contributed by atoms with Crippen molar-refractivity contribution < 1.29 is 8.78 Å². The van der Waals surface area contributed by atoms with E-state index in [9.17, 15) is 8.78 Å². The Labute approximate surface area is 106 Å². The predicted molar refractivity (Wildman–Crippen MR) is 69.4 cm³/mol. The summed E-state index contributed by atoms with van der Waals surface area (Å²) in [5.41, 5.74) is 1.76. The summed E-state index contributed by atoms with van der Waals surface area (Å²) in [6.45, 7) is 7.93. The molecule has 1 fully saturated rings. The molecule has 0 saturated carbocycles. The van der Waals surface area contributed by atoms with E-state index in [4.69, 9.17) is 0 Å².